The number of aromatic nitrogens is 2. The number of hydrogen-bond acceptors (Lipinski definition) is 5. The normalized spacial score (nSPS) is 10.6. The Balaban J connectivity index is 1.85. The minimum Gasteiger partial charge on any atom is -0.455 e. The first-order valence-corrected chi connectivity index (χ1v) is 8.31. The molecule has 3 aromatic rings. The summed E-state index contributed by atoms with van der Waals surface area (Å²) in [5.74, 6) is 2.86. The zero-order valence-corrected chi connectivity index (χ0v) is 14.7. The van der Waals surface area contributed by atoms with Crippen LogP contribution in [0, 0.1) is 6.92 Å². The van der Waals surface area contributed by atoms with E-state index in [1.807, 2.05) is 67.6 Å². The summed E-state index contributed by atoms with van der Waals surface area (Å²) in [7, 11) is 0. The maximum absolute atomic E-state index is 5.99. The van der Waals surface area contributed by atoms with Crippen LogP contribution >= 0.6 is 0 Å². The molecule has 0 spiro atoms. The molecule has 2 N–H and O–H groups in total. The van der Waals surface area contributed by atoms with E-state index < -0.39 is 0 Å². The van der Waals surface area contributed by atoms with Crippen LogP contribution in [0.25, 0.3) is 0 Å². The zero-order chi connectivity index (χ0) is 17.6. The molecule has 0 aliphatic carbocycles. The van der Waals surface area contributed by atoms with Gasteiger partial charge in [0.25, 0.3) is 0 Å². The molecule has 0 fully saturated rings. The first-order chi connectivity index (χ1) is 12.1. The van der Waals surface area contributed by atoms with Crippen molar-refractivity contribution in [2.24, 2.45) is 0 Å². The molecule has 1 aromatic heterocycles. The molecule has 0 unspecified atom stereocenters. The second-order valence-electron chi connectivity index (χ2n) is 6.05. The van der Waals surface area contributed by atoms with Crippen LogP contribution in [-0.4, -0.2) is 16.0 Å². The third-order valence-corrected chi connectivity index (χ3v) is 3.39. The van der Waals surface area contributed by atoms with Crippen LogP contribution in [0.5, 0.6) is 11.5 Å². The highest BCUT2D eigenvalue weighted by Gasteiger charge is 2.08. The van der Waals surface area contributed by atoms with E-state index in [9.17, 15) is 0 Å². The van der Waals surface area contributed by atoms with Crippen molar-refractivity contribution >= 4 is 17.5 Å². The van der Waals surface area contributed by atoms with E-state index in [0.29, 0.717) is 5.95 Å². The molecule has 128 valence electrons. The van der Waals surface area contributed by atoms with Gasteiger partial charge in [0.1, 0.15) is 11.6 Å². The number of benzene rings is 2. The van der Waals surface area contributed by atoms with Crippen molar-refractivity contribution in [2.75, 3.05) is 10.6 Å². The molecule has 25 heavy (non-hydrogen) atoms. The predicted octanol–water partition coefficient (Wildman–Crippen LogP) is 5.14. The van der Waals surface area contributed by atoms with Crippen LogP contribution in [0.2, 0.25) is 0 Å². The lowest BCUT2D eigenvalue weighted by Gasteiger charge is -2.14. The van der Waals surface area contributed by atoms with E-state index in [-0.39, 0.29) is 6.04 Å². The molecular weight excluding hydrogens is 312 g/mol. The second-order valence-corrected chi connectivity index (χ2v) is 6.05. The standard InChI is InChI=1S/C20H22N4O/c1-14(2)21-20-22-15(3)13-19(24-20)23-17-11-7-8-12-18(17)25-16-9-5-4-6-10-16/h4-14H,1-3H3,(H2,21,22,23,24). The summed E-state index contributed by atoms with van der Waals surface area (Å²) >= 11 is 0. The Kier molecular flexibility index (Phi) is 5.14. The summed E-state index contributed by atoms with van der Waals surface area (Å²) in [6.07, 6.45) is 0. The van der Waals surface area contributed by atoms with E-state index in [0.717, 1.165) is 28.7 Å². The smallest absolute Gasteiger partial charge is 0.225 e. The quantitative estimate of drug-likeness (QED) is 0.653. The van der Waals surface area contributed by atoms with Crippen LogP contribution in [0.3, 0.4) is 0 Å². The molecule has 0 radical (unpaired) electrons. The van der Waals surface area contributed by atoms with Gasteiger partial charge in [-0.05, 0) is 45.0 Å². The van der Waals surface area contributed by atoms with Crippen molar-refractivity contribution in [2.45, 2.75) is 26.8 Å². The van der Waals surface area contributed by atoms with E-state index in [4.69, 9.17) is 4.74 Å². The summed E-state index contributed by atoms with van der Waals surface area (Å²) in [4.78, 5) is 8.94. The Bertz CT molecular complexity index is 834. The molecule has 5 heteroatoms. The van der Waals surface area contributed by atoms with Crippen molar-refractivity contribution in [3.8, 4) is 11.5 Å². The van der Waals surface area contributed by atoms with Crippen molar-refractivity contribution in [1.82, 2.24) is 9.97 Å². The fourth-order valence-electron chi connectivity index (χ4n) is 2.37. The number of nitrogens with one attached hydrogen (secondary N) is 2. The highest BCUT2D eigenvalue weighted by molar-refractivity contribution is 5.65. The van der Waals surface area contributed by atoms with Gasteiger partial charge in [-0.1, -0.05) is 30.3 Å². The summed E-state index contributed by atoms with van der Waals surface area (Å²) in [6.45, 7) is 6.06. The minimum absolute atomic E-state index is 0.267. The third kappa shape index (κ3) is 4.70. The summed E-state index contributed by atoms with van der Waals surface area (Å²) in [5, 5.41) is 6.56. The van der Waals surface area contributed by atoms with Gasteiger partial charge in [0.15, 0.2) is 5.75 Å². The fourth-order valence-corrected chi connectivity index (χ4v) is 2.37. The molecule has 0 bridgehead atoms. The van der Waals surface area contributed by atoms with Gasteiger partial charge in [0.2, 0.25) is 5.95 Å². The van der Waals surface area contributed by atoms with Gasteiger partial charge in [-0.25, -0.2) is 4.98 Å². The van der Waals surface area contributed by atoms with Gasteiger partial charge < -0.3 is 15.4 Å². The van der Waals surface area contributed by atoms with Gasteiger partial charge >= 0.3 is 0 Å². The topological polar surface area (TPSA) is 59.1 Å². The number of hydrogen-bond donors (Lipinski definition) is 2. The Morgan fingerprint density at radius 2 is 1.64 bits per heavy atom. The van der Waals surface area contributed by atoms with Gasteiger partial charge in [-0.15, -0.1) is 0 Å². The van der Waals surface area contributed by atoms with Crippen LogP contribution in [0.1, 0.15) is 19.5 Å². The largest absolute Gasteiger partial charge is 0.455 e. The summed E-state index contributed by atoms with van der Waals surface area (Å²) in [6, 6.07) is 19.7. The van der Waals surface area contributed by atoms with Gasteiger partial charge in [0.05, 0.1) is 5.69 Å². The molecule has 0 aliphatic heterocycles. The summed E-state index contributed by atoms with van der Waals surface area (Å²) in [5.41, 5.74) is 1.74. The maximum atomic E-state index is 5.99. The van der Waals surface area contributed by atoms with Crippen LogP contribution in [-0.2, 0) is 0 Å². The lowest BCUT2D eigenvalue weighted by atomic mass is 10.2. The van der Waals surface area contributed by atoms with Crippen molar-refractivity contribution in [3.05, 3.63) is 66.4 Å². The van der Waals surface area contributed by atoms with Gasteiger partial charge in [-0.2, -0.15) is 4.98 Å². The van der Waals surface area contributed by atoms with Crippen molar-refractivity contribution < 1.29 is 4.74 Å². The van der Waals surface area contributed by atoms with Crippen molar-refractivity contribution in [1.29, 1.82) is 0 Å². The third-order valence-electron chi connectivity index (χ3n) is 3.39. The Morgan fingerprint density at radius 3 is 2.40 bits per heavy atom. The van der Waals surface area contributed by atoms with Crippen molar-refractivity contribution in [3.63, 3.8) is 0 Å². The molecule has 0 aliphatic rings. The molecule has 3 rings (SSSR count). The molecule has 0 amide bonds. The van der Waals surface area contributed by atoms with E-state index in [1.165, 1.54) is 0 Å². The van der Waals surface area contributed by atoms with Crippen LogP contribution in [0.4, 0.5) is 17.5 Å². The molecule has 0 saturated carbocycles. The van der Waals surface area contributed by atoms with E-state index in [2.05, 4.69) is 34.4 Å². The number of aryl methyl sites for hydroxylation is 1. The highest BCUT2D eigenvalue weighted by atomic mass is 16.5. The fraction of sp³-hybridized carbons (Fsp3) is 0.200. The lowest BCUT2D eigenvalue weighted by molar-refractivity contribution is 0.485. The zero-order valence-electron chi connectivity index (χ0n) is 14.7. The first kappa shape index (κ1) is 16.8. The molecule has 5 nitrogen and oxygen atoms in total. The Hall–Kier alpha value is -3.08. The number of rotatable bonds is 6. The molecular formula is C20H22N4O. The average molecular weight is 334 g/mol. The molecule has 1 heterocycles. The molecule has 0 atom stereocenters. The Labute approximate surface area is 148 Å². The summed E-state index contributed by atoms with van der Waals surface area (Å²) < 4.78 is 5.99. The minimum atomic E-state index is 0.267. The van der Waals surface area contributed by atoms with Gasteiger partial charge in [0, 0.05) is 17.8 Å². The molecule has 0 saturated heterocycles. The average Bonchev–Trinajstić information content (AvgIpc) is 2.56. The molecule has 2 aromatic carbocycles. The lowest BCUT2D eigenvalue weighted by Crippen LogP contribution is -2.13. The number of ether oxygens (including phenoxy) is 1. The number of anilines is 3. The van der Waals surface area contributed by atoms with Crippen LogP contribution < -0.4 is 15.4 Å². The van der Waals surface area contributed by atoms with Gasteiger partial charge in [-0.3, -0.25) is 0 Å². The first-order valence-electron chi connectivity index (χ1n) is 8.31. The van der Waals surface area contributed by atoms with Crippen LogP contribution in [0.15, 0.2) is 60.7 Å². The highest BCUT2D eigenvalue weighted by Crippen LogP contribution is 2.31. The number of nitrogens with zero attached hydrogens (tertiary/aromatic N) is 2. The SMILES string of the molecule is Cc1cc(Nc2ccccc2Oc2ccccc2)nc(NC(C)C)n1. The maximum Gasteiger partial charge on any atom is 0.225 e. The van der Waals surface area contributed by atoms with E-state index >= 15 is 0 Å². The Morgan fingerprint density at radius 1 is 0.920 bits per heavy atom. The second kappa shape index (κ2) is 7.66. The number of para-hydroxylation sites is 3. The predicted molar refractivity (Wildman–Crippen MR) is 102 cm³/mol. The monoisotopic (exact) mass is 334 g/mol. The van der Waals surface area contributed by atoms with E-state index in [1.54, 1.807) is 0 Å².